The smallest absolute Gasteiger partial charge is 0.335 e. The molecule has 2 rings (SSSR count). The van der Waals surface area contributed by atoms with Gasteiger partial charge in [-0.2, -0.15) is 0 Å². The van der Waals surface area contributed by atoms with Crippen LogP contribution in [0.5, 0.6) is 0 Å². The Balaban J connectivity index is 1.88. The standard InChI is InChI=1S/C17H25BrN2O4/c1-17(2,3)24-16(23)20-8-6-19(7-9-20)11-13-5-4-12(15(21)22)10-14(13)18/h4-5,10,16,23H,6-9,11H2,1-3H3,(H,21,22). The molecule has 1 atom stereocenters. The first-order valence-electron chi connectivity index (χ1n) is 8.00. The summed E-state index contributed by atoms with van der Waals surface area (Å²) in [6, 6.07) is 5.10. The molecule has 0 radical (unpaired) electrons. The number of rotatable bonds is 5. The van der Waals surface area contributed by atoms with Gasteiger partial charge in [0.15, 0.2) is 0 Å². The molecule has 24 heavy (non-hydrogen) atoms. The summed E-state index contributed by atoms with van der Waals surface area (Å²) in [6.07, 6.45) is -0.881. The highest BCUT2D eigenvalue weighted by atomic mass is 79.9. The molecular weight excluding hydrogens is 376 g/mol. The maximum absolute atomic E-state index is 11.0. The predicted molar refractivity (Wildman–Crippen MR) is 94.8 cm³/mol. The van der Waals surface area contributed by atoms with Gasteiger partial charge in [-0.05, 0) is 38.5 Å². The summed E-state index contributed by atoms with van der Waals surface area (Å²) in [7, 11) is 0. The van der Waals surface area contributed by atoms with Gasteiger partial charge in [-0.3, -0.25) is 9.80 Å². The molecule has 1 heterocycles. The van der Waals surface area contributed by atoms with Gasteiger partial charge in [-0.25, -0.2) is 4.79 Å². The SMILES string of the molecule is CC(C)(C)OC(O)N1CCN(Cc2ccc(C(=O)O)cc2Br)CC1. The van der Waals surface area contributed by atoms with Crippen LogP contribution in [0, 0.1) is 0 Å². The van der Waals surface area contributed by atoms with E-state index in [0.29, 0.717) is 0 Å². The lowest BCUT2D eigenvalue weighted by atomic mass is 10.1. The van der Waals surface area contributed by atoms with Crippen molar-refractivity contribution in [3.63, 3.8) is 0 Å². The second-order valence-corrected chi connectivity index (χ2v) is 7.83. The number of nitrogens with zero attached hydrogens (tertiary/aromatic N) is 2. The normalized spacial score (nSPS) is 18.5. The lowest BCUT2D eigenvalue weighted by molar-refractivity contribution is -0.244. The molecule has 1 aromatic rings. The monoisotopic (exact) mass is 400 g/mol. The highest BCUT2D eigenvalue weighted by molar-refractivity contribution is 9.10. The average molecular weight is 401 g/mol. The van der Waals surface area contributed by atoms with Crippen molar-refractivity contribution in [1.82, 2.24) is 9.80 Å². The largest absolute Gasteiger partial charge is 0.478 e. The average Bonchev–Trinajstić information content (AvgIpc) is 2.48. The van der Waals surface area contributed by atoms with E-state index >= 15 is 0 Å². The van der Waals surface area contributed by atoms with Crippen molar-refractivity contribution in [1.29, 1.82) is 0 Å². The maximum Gasteiger partial charge on any atom is 0.335 e. The minimum Gasteiger partial charge on any atom is -0.478 e. The number of carboxylic acids is 1. The van der Waals surface area contributed by atoms with Crippen LogP contribution in [-0.2, 0) is 11.3 Å². The van der Waals surface area contributed by atoms with Crippen LogP contribution in [0.25, 0.3) is 0 Å². The van der Waals surface area contributed by atoms with Crippen molar-refractivity contribution < 1.29 is 19.7 Å². The summed E-state index contributed by atoms with van der Waals surface area (Å²) in [5.74, 6) is -0.927. The number of hydrogen-bond acceptors (Lipinski definition) is 5. The van der Waals surface area contributed by atoms with Crippen LogP contribution in [0.1, 0.15) is 36.7 Å². The Morgan fingerprint density at radius 1 is 1.29 bits per heavy atom. The Morgan fingerprint density at radius 3 is 2.42 bits per heavy atom. The molecule has 0 aliphatic carbocycles. The number of benzene rings is 1. The zero-order valence-corrected chi connectivity index (χ0v) is 15.9. The molecule has 6 nitrogen and oxygen atoms in total. The molecule has 0 aromatic heterocycles. The van der Waals surface area contributed by atoms with E-state index in [4.69, 9.17) is 9.84 Å². The number of ether oxygens (including phenoxy) is 1. The van der Waals surface area contributed by atoms with Gasteiger partial charge < -0.3 is 14.9 Å². The minimum absolute atomic E-state index is 0.276. The second-order valence-electron chi connectivity index (χ2n) is 6.98. The summed E-state index contributed by atoms with van der Waals surface area (Å²) in [6.45, 7) is 9.59. The topological polar surface area (TPSA) is 73.2 Å². The van der Waals surface area contributed by atoms with E-state index in [9.17, 15) is 9.90 Å². The van der Waals surface area contributed by atoms with E-state index in [2.05, 4.69) is 20.8 Å². The molecule has 7 heteroatoms. The van der Waals surface area contributed by atoms with Crippen molar-refractivity contribution in [3.8, 4) is 0 Å². The van der Waals surface area contributed by atoms with Gasteiger partial charge >= 0.3 is 5.97 Å². The maximum atomic E-state index is 11.0. The van der Waals surface area contributed by atoms with Crippen molar-refractivity contribution >= 4 is 21.9 Å². The summed E-state index contributed by atoms with van der Waals surface area (Å²) >= 11 is 3.45. The molecule has 0 spiro atoms. The number of carbonyl (C=O) groups is 1. The lowest BCUT2D eigenvalue weighted by Gasteiger charge is -2.38. The molecule has 1 aliphatic heterocycles. The van der Waals surface area contributed by atoms with Crippen molar-refractivity contribution in [2.24, 2.45) is 0 Å². The second kappa shape index (κ2) is 7.93. The Labute approximate surface area is 151 Å². The van der Waals surface area contributed by atoms with Crippen molar-refractivity contribution in [2.75, 3.05) is 26.2 Å². The van der Waals surface area contributed by atoms with Crippen LogP contribution in [0.15, 0.2) is 22.7 Å². The van der Waals surface area contributed by atoms with Gasteiger partial charge in [0, 0.05) is 37.2 Å². The van der Waals surface area contributed by atoms with E-state index in [1.54, 1.807) is 12.1 Å². The van der Waals surface area contributed by atoms with Gasteiger partial charge in [0.2, 0.25) is 6.41 Å². The molecule has 2 N–H and O–H groups in total. The van der Waals surface area contributed by atoms with E-state index in [0.717, 1.165) is 42.8 Å². The van der Waals surface area contributed by atoms with Gasteiger partial charge in [0.25, 0.3) is 0 Å². The highest BCUT2D eigenvalue weighted by Gasteiger charge is 2.26. The first-order chi connectivity index (χ1) is 11.2. The fourth-order valence-electron chi connectivity index (χ4n) is 2.58. The van der Waals surface area contributed by atoms with Gasteiger partial charge in [-0.1, -0.05) is 22.0 Å². The molecular formula is C17H25BrN2O4. The van der Waals surface area contributed by atoms with Crippen LogP contribution in [0.4, 0.5) is 0 Å². The molecule has 1 unspecified atom stereocenters. The van der Waals surface area contributed by atoms with Gasteiger partial charge in [-0.15, -0.1) is 0 Å². The highest BCUT2D eigenvalue weighted by Crippen LogP contribution is 2.22. The number of aliphatic hydroxyl groups is 1. The summed E-state index contributed by atoms with van der Waals surface area (Å²) < 4.78 is 6.39. The van der Waals surface area contributed by atoms with Crippen molar-refractivity contribution in [2.45, 2.75) is 39.3 Å². The van der Waals surface area contributed by atoms with Gasteiger partial charge in [0.05, 0.1) is 11.2 Å². The molecule has 134 valence electrons. The summed E-state index contributed by atoms with van der Waals surface area (Å²) in [4.78, 5) is 15.2. The number of piperazine rings is 1. The third-order valence-electron chi connectivity index (χ3n) is 3.87. The predicted octanol–water partition coefficient (Wildman–Crippen LogP) is 2.36. The van der Waals surface area contributed by atoms with Crippen molar-refractivity contribution in [3.05, 3.63) is 33.8 Å². The number of hydrogen-bond donors (Lipinski definition) is 2. The zero-order valence-electron chi connectivity index (χ0n) is 14.3. The van der Waals surface area contributed by atoms with E-state index < -0.39 is 12.4 Å². The number of halogens is 1. The molecule has 1 saturated heterocycles. The summed E-state index contributed by atoms with van der Waals surface area (Å²) in [5.41, 5.74) is 0.950. The molecule has 0 saturated carbocycles. The lowest BCUT2D eigenvalue weighted by Crippen LogP contribution is -2.52. The minimum atomic E-state index is -0.927. The number of carboxylic acid groups (broad SMARTS) is 1. The van der Waals surface area contributed by atoms with Gasteiger partial charge in [0.1, 0.15) is 0 Å². The van der Waals surface area contributed by atoms with Crippen LogP contribution in [-0.4, -0.2) is 64.2 Å². The Kier molecular flexibility index (Phi) is 6.39. The quantitative estimate of drug-likeness (QED) is 0.739. The first-order valence-corrected chi connectivity index (χ1v) is 8.79. The van der Waals surface area contributed by atoms with Crippen LogP contribution in [0.2, 0.25) is 0 Å². The number of aliphatic hydroxyl groups excluding tert-OH is 1. The Bertz CT molecular complexity index is 580. The summed E-state index contributed by atoms with van der Waals surface area (Å²) in [5, 5.41) is 19.1. The molecule has 1 fully saturated rings. The van der Waals surface area contributed by atoms with Crippen LogP contribution < -0.4 is 0 Å². The Morgan fingerprint density at radius 2 is 1.92 bits per heavy atom. The fraction of sp³-hybridized carbons (Fsp3) is 0.588. The third-order valence-corrected chi connectivity index (χ3v) is 4.61. The molecule has 0 amide bonds. The molecule has 1 aromatic carbocycles. The molecule has 0 bridgehead atoms. The van der Waals surface area contributed by atoms with E-state index in [1.807, 2.05) is 31.7 Å². The van der Waals surface area contributed by atoms with E-state index in [1.165, 1.54) is 0 Å². The third kappa shape index (κ3) is 5.53. The van der Waals surface area contributed by atoms with E-state index in [-0.39, 0.29) is 11.2 Å². The number of aromatic carboxylic acids is 1. The van der Waals surface area contributed by atoms with Crippen LogP contribution >= 0.6 is 15.9 Å². The van der Waals surface area contributed by atoms with Crippen LogP contribution in [0.3, 0.4) is 0 Å². The molecule has 1 aliphatic rings. The Hall–Kier alpha value is -0.990. The fourth-order valence-corrected chi connectivity index (χ4v) is 3.09. The zero-order chi connectivity index (χ0) is 17.9. The first kappa shape index (κ1) is 19.3.